The van der Waals surface area contributed by atoms with E-state index in [9.17, 15) is 4.39 Å². The average Bonchev–Trinajstić information content (AvgIpc) is 2.65. The van der Waals surface area contributed by atoms with Gasteiger partial charge in [0.1, 0.15) is 5.82 Å². The highest BCUT2D eigenvalue weighted by Crippen LogP contribution is 2.24. The lowest BCUT2D eigenvalue weighted by Gasteiger charge is -2.13. The van der Waals surface area contributed by atoms with Gasteiger partial charge >= 0.3 is 0 Å². The van der Waals surface area contributed by atoms with E-state index < -0.39 is 0 Å². The molecule has 2 nitrogen and oxygen atoms in total. The Morgan fingerprint density at radius 1 is 1.38 bits per heavy atom. The number of aromatic nitrogens is 1. The summed E-state index contributed by atoms with van der Waals surface area (Å²) in [6, 6.07) is 7.29. The minimum atomic E-state index is -0.176. The van der Waals surface area contributed by atoms with Crippen LogP contribution in [0.15, 0.2) is 24.3 Å². The van der Waals surface area contributed by atoms with E-state index in [1.807, 2.05) is 13.1 Å². The molecule has 0 bridgehead atoms. The van der Waals surface area contributed by atoms with Gasteiger partial charge in [-0.25, -0.2) is 4.39 Å². The molecular weight excluding hydrogens is 203 g/mol. The molecular formula is C13H17FN2. The SMILES string of the molecule is CCn1c(C(C)NC)cc2cc(F)ccc21. The van der Waals surface area contributed by atoms with E-state index in [-0.39, 0.29) is 11.9 Å². The van der Waals surface area contributed by atoms with Gasteiger partial charge in [-0.1, -0.05) is 0 Å². The summed E-state index contributed by atoms with van der Waals surface area (Å²) in [5.74, 6) is -0.176. The van der Waals surface area contributed by atoms with Gasteiger partial charge in [0, 0.05) is 29.2 Å². The highest BCUT2D eigenvalue weighted by Gasteiger charge is 2.12. The second-order valence-corrected chi connectivity index (χ2v) is 4.03. The Bertz CT molecular complexity index is 502. The van der Waals surface area contributed by atoms with Crippen LogP contribution in [-0.4, -0.2) is 11.6 Å². The number of rotatable bonds is 3. The number of fused-ring (bicyclic) bond motifs is 1. The Labute approximate surface area is 95.1 Å². The lowest BCUT2D eigenvalue weighted by atomic mass is 10.2. The van der Waals surface area contributed by atoms with Gasteiger partial charge in [-0.3, -0.25) is 0 Å². The molecule has 1 atom stereocenters. The topological polar surface area (TPSA) is 17.0 Å². The number of hydrogen-bond donors (Lipinski definition) is 1. The van der Waals surface area contributed by atoms with Gasteiger partial charge in [0.25, 0.3) is 0 Å². The van der Waals surface area contributed by atoms with Gasteiger partial charge in [-0.05, 0) is 45.2 Å². The molecule has 0 saturated carbocycles. The number of aryl methyl sites for hydroxylation is 1. The third kappa shape index (κ3) is 1.71. The van der Waals surface area contributed by atoms with E-state index in [2.05, 4.69) is 29.8 Å². The van der Waals surface area contributed by atoms with Crippen LogP contribution in [0.5, 0.6) is 0 Å². The molecule has 16 heavy (non-hydrogen) atoms. The van der Waals surface area contributed by atoms with Gasteiger partial charge in [0.2, 0.25) is 0 Å². The van der Waals surface area contributed by atoms with Gasteiger partial charge in [0.15, 0.2) is 0 Å². The smallest absolute Gasteiger partial charge is 0.123 e. The molecule has 0 amide bonds. The van der Waals surface area contributed by atoms with Crippen molar-refractivity contribution in [1.29, 1.82) is 0 Å². The van der Waals surface area contributed by atoms with Crippen LogP contribution in [0, 0.1) is 5.82 Å². The first kappa shape index (κ1) is 11.1. The first-order chi connectivity index (χ1) is 7.67. The van der Waals surface area contributed by atoms with E-state index in [4.69, 9.17) is 0 Å². The van der Waals surface area contributed by atoms with Crippen LogP contribution in [0.3, 0.4) is 0 Å². The number of halogens is 1. The Kier molecular flexibility index (Phi) is 2.97. The van der Waals surface area contributed by atoms with Crippen molar-refractivity contribution in [3.8, 4) is 0 Å². The summed E-state index contributed by atoms with van der Waals surface area (Å²) in [4.78, 5) is 0. The molecule has 1 heterocycles. The summed E-state index contributed by atoms with van der Waals surface area (Å²) in [7, 11) is 1.93. The number of nitrogens with one attached hydrogen (secondary N) is 1. The van der Waals surface area contributed by atoms with Crippen LogP contribution < -0.4 is 5.32 Å². The van der Waals surface area contributed by atoms with E-state index in [1.54, 1.807) is 6.07 Å². The molecule has 0 aliphatic heterocycles. The van der Waals surface area contributed by atoms with Crippen molar-refractivity contribution >= 4 is 10.9 Å². The molecule has 1 aromatic heterocycles. The van der Waals surface area contributed by atoms with Gasteiger partial charge in [-0.15, -0.1) is 0 Å². The zero-order valence-electron chi connectivity index (χ0n) is 9.92. The number of nitrogens with zero attached hydrogens (tertiary/aromatic N) is 1. The molecule has 0 saturated heterocycles. The monoisotopic (exact) mass is 220 g/mol. The molecule has 0 aliphatic rings. The van der Waals surface area contributed by atoms with Crippen molar-refractivity contribution in [1.82, 2.24) is 9.88 Å². The molecule has 86 valence electrons. The molecule has 0 spiro atoms. The zero-order chi connectivity index (χ0) is 11.7. The lowest BCUT2D eigenvalue weighted by molar-refractivity contribution is 0.589. The minimum absolute atomic E-state index is 0.176. The first-order valence-electron chi connectivity index (χ1n) is 5.63. The predicted octanol–water partition coefficient (Wildman–Crippen LogP) is 3.08. The second-order valence-electron chi connectivity index (χ2n) is 4.03. The molecule has 0 aliphatic carbocycles. The quantitative estimate of drug-likeness (QED) is 0.841. The zero-order valence-corrected chi connectivity index (χ0v) is 9.92. The average molecular weight is 220 g/mol. The van der Waals surface area contributed by atoms with Crippen molar-refractivity contribution in [3.63, 3.8) is 0 Å². The fourth-order valence-corrected chi connectivity index (χ4v) is 2.12. The largest absolute Gasteiger partial charge is 0.343 e. The van der Waals surface area contributed by atoms with Gasteiger partial charge < -0.3 is 9.88 Å². The van der Waals surface area contributed by atoms with Gasteiger partial charge in [0.05, 0.1) is 0 Å². The molecule has 0 radical (unpaired) electrons. The Balaban J connectivity index is 2.65. The van der Waals surface area contributed by atoms with Crippen LogP contribution in [0.4, 0.5) is 4.39 Å². The normalized spacial score (nSPS) is 13.2. The van der Waals surface area contributed by atoms with Crippen molar-refractivity contribution in [2.24, 2.45) is 0 Å². The second kappa shape index (κ2) is 4.26. The third-order valence-corrected chi connectivity index (χ3v) is 3.09. The Hall–Kier alpha value is -1.35. The van der Waals surface area contributed by atoms with E-state index in [0.717, 1.165) is 17.4 Å². The van der Waals surface area contributed by atoms with Gasteiger partial charge in [-0.2, -0.15) is 0 Å². The highest BCUT2D eigenvalue weighted by molar-refractivity contribution is 5.81. The maximum absolute atomic E-state index is 13.1. The minimum Gasteiger partial charge on any atom is -0.343 e. The van der Waals surface area contributed by atoms with Crippen molar-refractivity contribution < 1.29 is 4.39 Å². The fraction of sp³-hybridized carbons (Fsp3) is 0.385. The molecule has 1 aromatic carbocycles. The van der Waals surface area contributed by atoms with E-state index in [0.29, 0.717) is 0 Å². The summed E-state index contributed by atoms with van der Waals surface area (Å²) in [6.07, 6.45) is 0. The lowest BCUT2D eigenvalue weighted by Crippen LogP contribution is -2.16. The highest BCUT2D eigenvalue weighted by atomic mass is 19.1. The molecule has 0 fully saturated rings. The van der Waals surface area contributed by atoms with Crippen LogP contribution in [0.1, 0.15) is 25.6 Å². The fourth-order valence-electron chi connectivity index (χ4n) is 2.12. The maximum atomic E-state index is 13.1. The molecule has 2 rings (SSSR count). The van der Waals surface area contributed by atoms with Crippen LogP contribution in [0.2, 0.25) is 0 Å². The third-order valence-electron chi connectivity index (χ3n) is 3.09. The van der Waals surface area contributed by atoms with Crippen molar-refractivity contribution in [3.05, 3.63) is 35.8 Å². The maximum Gasteiger partial charge on any atom is 0.123 e. The Morgan fingerprint density at radius 2 is 2.12 bits per heavy atom. The molecule has 1 unspecified atom stereocenters. The predicted molar refractivity (Wildman–Crippen MR) is 65.0 cm³/mol. The summed E-state index contributed by atoms with van der Waals surface area (Å²) >= 11 is 0. The Morgan fingerprint density at radius 3 is 2.75 bits per heavy atom. The summed E-state index contributed by atoms with van der Waals surface area (Å²) in [6.45, 7) is 5.11. The molecule has 3 heteroatoms. The summed E-state index contributed by atoms with van der Waals surface area (Å²) in [5.41, 5.74) is 2.30. The van der Waals surface area contributed by atoms with Crippen LogP contribution >= 0.6 is 0 Å². The van der Waals surface area contributed by atoms with Crippen LogP contribution in [-0.2, 0) is 6.54 Å². The number of benzene rings is 1. The van der Waals surface area contributed by atoms with Crippen molar-refractivity contribution in [2.45, 2.75) is 26.4 Å². The molecule has 2 aromatic rings. The van der Waals surface area contributed by atoms with Crippen molar-refractivity contribution in [2.75, 3.05) is 7.05 Å². The van der Waals surface area contributed by atoms with Crippen LogP contribution in [0.25, 0.3) is 10.9 Å². The van der Waals surface area contributed by atoms with E-state index >= 15 is 0 Å². The summed E-state index contributed by atoms with van der Waals surface area (Å²) in [5, 5.41) is 4.19. The molecule has 1 N–H and O–H groups in total. The van der Waals surface area contributed by atoms with E-state index in [1.165, 1.54) is 11.8 Å². The first-order valence-corrected chi connectivity index (χ1v) is 5.63. The summed E-state index contributed by atoms with van der Waals surface area (Å²) < 4.78 is 15.4. The standard InChI is InChI=1S/C13H17FN2/c1-4-16-12-6-5-11(14)7-10(12)8-13(16)9(2)15-3/h5-9,15H,4H2,1-3H3. The number of hydrogen-bond acceptors (Lipinski definition) is 1.